The molecule has 1 saturated carbocycles. The molecular formula is C32H34N4O2. The van der Waals surface area contributed by atoms with Crippen LogP contribution in [0.15, 0.2) is 84.9 Å². The minimum absolute atomic E-state index is 0.0693. The van der Waals surface area contributed by atoms with E-state index in [1.165, 1.54) is 19.3 Å². The Balaban J connectivity index is 1.31. The van der Waals surface area contributed by atoms with Gasteiger partial charge >= 0.3 is 0 Å². The van der Waals surface area contributed by atoms with Gasteiger partial charge in [-0.2, -0.15) is 0 Å². The van der Waals surface area contributed by atoms with Crippen LogP contribution < -0.4 is 4.90 Å². The zero-order valence-electron chi connectivity index (χ0n) is 21.7. The van der Waals surface area contributed by atoms with Crippen molar-refractivity contribution in [3.05, 3.63) is 96.3 Å². The Morgan fingerprint density at radius 3 is 2.32 bits per heavy atom. The summed E-state index contributed by atoms with van der Waals surface area (Å²) >= 11 is 0. The summed E-state index contributed by atoms with van der Waals surface area (Å²) in [5.41, 5.74) is 3.88. The summed E-state index contributed by atoms with van der Waals surface area (Å²) in [5.74, 6) is 0.975. The van der Waals surface area contributed by atoms with Crippen molar-refractivity contribution in [2.75, 3.05) is 11.4 Å². The first-order chi connectivity index (χ1) is 18.7. The molecule has 2 heterocycles. The molecule has 1 aromatic heterocycles. The molecule has 1 aliphatic carbocycles. The Labute approximate surface area is 223 Å². The average molecular weight is 507 g/mol. The van der Waals surface area contributed by atoms with Crippen LogP contribution in [-0.4, -0.2) is 38.9 Å². The van der Waals surface area contributed by atoms with E-state index in [1.54, 1.807) is 0 Å². The summed E-state index contributed by atoms with van der Waals surface area (Å²) in [6, 6.07) is 28.4. The smallest absolute Gasteiger partial charge is 0.243 e. The first kappa shape index (κ1) is 24.4. The molecule has 4 aromatic rings. The number of hydrogen-bond acceptors (Lipinski definition) is 3. The predicted molar refractivity (Wildman–Crippen MR) is 150 cm³/mol. The number of imidazole rings is 1. The van der Waals surface area contributed by atoms with Crippen LogP contribution in [0.1, 0.15) is 55.8 Å². The third kappa shape index (κ3) is 4.95. The lowest BCUT2D eigenvalue weighted by atomic mass is 9.93. The number of carbonyl (C=O) groups excluding carboxylic acids is 2. The van der Waals surface area contributed by atoms with E-state index < -0.39 is 0 Å². The Bertz CT molecular complexity index is 1410. The lowest BCUT2D eigenvalue weighted by Gasteiger charge is -2.35. The molecule has 0 bridgehead atoms. The van der Waals surface area contributed by atoms with Crippen LogP contribution in [0.25, 0.3) is 11.0 Å². The maximum atomic E-state index is 14.1. The molecule has 0 N–H and O–H groups in total. The van der Waals surface area contributed by atoms with Crippen LogP contribution in [0.2, 0.25) is 0 Å². The van der Waals surface area contributed by atoms with Gasteiger partial charge in [-0.15, -0.1) is 0 Å². The molecule has 6 nitrogen and oxygen atoms in total. The topological polar surface area (TPSA) is 58.4 Å². The van der Waals surface area contributed by atoms with E-state index >= 15 is 0 Å². The molecule has 2 fully saturated rings. The van der Waals surface area contributed by atoms with Gasteiger partial charge in [-0.05, 0) is 42.7 Å². The van der Waals surface area contributed by atoms with Crippen LogP contribution >= 0.6 is 0 Å². The van der Waals surface area contributed by atoms with Crippen LogP contribution in [0.3, 0.4) is 0 Å². The van der Waals surface area contributed by atoms with E-state index in [2.05, 4.69) is 21.6 Å². The number of hydrogen-bond donors (Lipinski definition) is 0. The number of benzene rings is 3. The van der Waals surface area contributed by atoms with Crippen molar-refractivity contribution in [3.63, 3.8) is 0 Å². The normalized spacial score (nSPS) is 18.3. The Morgan fingerprint density at radius 2 is 1.55 bits per heavy atom. The Kier molecular flexibility index (Phi) is 6.95. The van der Waals surface area contributed by atoms with Gasteiger partial charge in [0.1, 0.15) is 12.4 Å². The van der Waals surface area contributed by atoms with Crippen LogP contribution in [-0.2, 0) is 22.7 Å². The number of carbonyl (C=O) groups is 2. The zero-order chi connectivity index (χ0) is 25.9. The highest BCUT2D eigenvalue weighted by Crippen LogP contribution is 2.33. The summed E-state index contributed by atoms with van der Waals surface area (Å²) in [4.78, 5) is 36.0. The minimum Gasteiger partial charge on any atom is -0.334 e. The molecule has 38 heavy (non-hydrogen) atoms. The SMILES string of the molecule is O=C1CC(c2nc3ccccc3n2CC(=O)N(Cc2ccccc2)C2CCCCC2)CN1c1ccccc1. The van der Waals surface area contributed by atoms with Crippen molar-refractivity contribution in [3.8, 4) is 0 Å². The number of amides is 2. The number of fused-ring (bicyclic) bond motifs is 1. The largest absolute Gasteiger partial charge is 0.334 e. The van der Waals surface area contributed by atoms with Crippen LogP contribution in [0.5, 0.6) is 0 Å². The van der Waals surface area contributed by atoms with Crippen molar-refractivity contribution in [1.82, 2.24) is 14.5 Å². The Hall–Kier alpha value is -3.93. The van der Waals surface area contributed by atoms with Gasteiger partial charge in [-0.1, -0.05) is 79.9 Å². The van der Waals surface area contributed by atoms with Gasteiger partial charge in [-0.3, -0.25) is 9.59 Å². The quantitative estimate of drug-likeness (QED) is 0.313. The number of aromatic nitrogens is 2. The molecule has 2 amide bonds. The fourth-order valence-corrected chi connectivity index (χ4v) is 6.13. The van der Waals surface area contributed by atoms with Gasteiger partial charge in [0, 0.05) is 37.2 Å². The summed E-state index contributed by atoms with van der Waals surface area (Å²) in [6.45, 7) is 1.42. The van der Waals surface area contributed by atoms with Crippen molar-refractivity contribution in [2.45, 2.75) is 63.6 Å². The number of para-hydroxylation sites is 3. The second-order valence-corrected chi connectivity index (χ2v) is 10.6. The molecule has 0 radical (unpaired) electrons. The second kappa shape index (κ2) is 10.8. The summed E-state index contributed by atoms with van der Waals surface area (Å²) in [7, 11) is 0. The van der Waals surface area contributed by atoms with Gasteiger partial charge in [-0.25, -0.2) is 4.98 Å². The van der Waals surface area contributed by atoms with Gasteiger partial charge in [0.05, 0.1) is 11.0 Å². The second-order valence-electron chi connectivity index (χ2n) is 10.6. The lowest BCUT2D eigenvalue weighted by Crippen LogP contribution is -2.42. The first-order valence-corrected chi connectivity index (χ1v) is 13.8. The summed E-state index contributed by atoms with van der Waals surface area (Å²) in [5, 5.41) is 0. The number of nitrogens with zero attached hydrogens (tertiary/aromatic N) is 4. The number of rotatable bonds is 7. The fourth-order valence-electron chi connectivity index (χ4n) is 6.13. The zero-order valence-corrected chi connectivity index (χ0v) is 21.7. The van der Waals surface area contributed by atoms with Gasteiger partial charge in [0.15, 0.2) is 0 Å². The van der Waals surface area contributed by atoms with Crippen LogP contribution in [0, 0.1) is 0 Å². The van der Waals surface area contributed by atoms with Crippen molar-refractivity contribution in [2.24, 2.45) is 0 Å². The first-order valence-electron chi connectivity index (χ1n) is 13.8. The highest BCUT2D eigenvalue weighted by Gasteiger charge is 2.35. The van der Waals surface area contributed by atoms with Crippen molar-refractivity contribution in [1.29, 1.82) is 0 Å². The van der Waals surface area contributed by atoms with Crippen LogP contribution in [0.4, 0.5) is 5.69 Å². The molecule has 2 aliphatic rings. The lowest BCUT2D eigenvalue weighted by molar-refractivity contribution is -0.135. The molecule has 1 atom stereocenters. The highest BCUT2D eigenvalue weighted by molar-refractivity contribution is 5.96. The average Bonchev–Trinajstić information content (AvgIpc) is 3.53. The highest BCUT2D eigenvalue weighted by atomic mass is 16.2. The third-order valence-electron chi connectivity index (χ3n) is 8.07. The molecule has 1 saturated heterocycles. The van der Waals surface area contributed by atoms with Gasteiger partial charge in [0.25, 0.3) is 0 Å². The van der Waals surface area contributed by atoms with Gasteiger partial charge < -0.3 is 14.4 Å². The molecule has 0 spiro atoms. The number of anilines is 1. The summed E-state index contributed by atoms with van der Waals surface area (Å²) < 4.78 is 2.07. The molecular weight excluding hydrogens is 472 g/mol. The molecule has 6 rings (SSSR count). The molecule has 194 valence electrons. The van der Waals surface area contributed by atoms with Crippen molar-refractivity contribution >= 4 is 28.5 Å². The molecule has 1 aliphatic heterocycles. The van der Waals surface area contributed by atoms with E-state index in [0.717, 1.165) is 41.0 Å². The molecule has 3 aromatic carbocycles. The fraction of sp³-hybridized carbons (Fsp3) is 0.344. The predicted octanol–water partition coefficient (Wildman–Crippen LogP) is 5.92. The van der Waals surface area contributed by atoms with Crippen molar-refractivity contribution < 1.29 is 9.59 Å². The van der Waals surface area contributed by atoms with E-state index in [4.69, 9.17) is 4.98 Å². The molecule has 6 heteroatoms. The van der Waals surface area contributed by atoms with E-state index in [-0.39, 0.29) is 30.3 Å². The standard InChI is InChI=1S/C32H34N4O2/c37-30-20-25(22-35(30)27-16-8-3-9-17-27)32-33-28-18-10-11-19-29(28)36(32)23-31(38)34(26-14-6-2-7-15-26)21-24-12-4-1-5-13-24/h1,3-5,8-13,16-19,25-26H,2,6-7,14-15,20-23H2. The van der Waals surface area contributed by atoms with E-state index in [9.17, 15) is 9.59 Å². The van der Waals surface area contributed by atoms with E-state index in [1.807, 2.05) is 77.7 Å². The van der Waals surface area contributed by atoms with Gasteiger partial charge in [0.2, 0.25) is 11.8 Å². The molecule has 1 unspecified atom stereocenters. The third-order valence-corrected chi connectivity index (χ3v) is 8.07. The summed E-state index contributed by atoms with van der Waals surface area (Å²) in [6.07, 6.45) is 6.08. The van der Waals surface area contributed by atoms with E-state index in [0.29, 0.717) is 19.5 Å². The maximum Gasteiger partial charge on any atom is 0.243 e. The monoisotopic (exact) mass is 506 g/mol. The minimum atomic E-state index is -0.0693. The Morgan fingerprint density at radius 1 is 0.868 bits per heavy atom. The maximum absolute atomic E-state index is 14.1.